The van der Waals surface area contributed by atoms with Gasteiger partial charge in [0.05, 0.1) is 11.5 Å². The molecule has 0 atom stereocenters. The minimum absolute atomic E-state index is 0.283. The fourth-order valence-electron chi connectivity index (χ4n) is 1.65. The lowest BCUT2D eigenvalue weighted by Crippen LogP contribution is -2.35. The van der Waals surface area contributed by atoms with Crippen LogP contribution in [0.15, 0.2) is 24.5 Å². The summed E-state index contributed by atoms with van der Waals surface area (Å²) in [4.78, 5) is 0. The van der Waals surface area contributed by atoms with Crippen molar-refractivity contribution in [2.45, 2.75) is 18.9 Å². The van der Waals surface area contributed by atoms with Gasteiger partial charge in [-0.1, -0.05) is 0 Å². The Kier molecular flexibility index (Phi) is 2.50. The molecule has 0 amide bonds. The molecule has 0 aromatic carbocycles. The van der Waals surface area contributed by atoms with Gasteiger partial charge in [-0.2, -0.15) is 0 Å². The average molecular weight is 214 g/mol. The molecule has 2 heterocycles. The monoisotopic (exact) mass is 214 g/mol. The number of nitrogens with one attached hydrogen (secondary N) is 1. The van der Waals surface area contributed by atoms with Crippen LogP contribution in [0.1, 0.15) is 12.8 Å². The fourth-order valence-corrected chi connectivity index (χ4v) is 3.14. The average Bonchev–Trinajstić information content (AvgIpc) is 2.61. The lowest BCUT2D eigenvalue weighted by molar-refractivity contribution is 0.540. The van der Waals surface area contributed by atoms with Gasteiger partial charge in [0.25, 0.3) is 0 Å². The van der Waals surface area contributed by atoms with Crippen LogP contribution in [0.5, 0.6) is 0 Å². The molecule has 5 heteroatoms. The zero-order valence-corrected chi connectivity index (χ0v) is 8.70. The third-order valence-corrected chi connectivity index (χ3v) is 4.21. The summed E-state index contributed by atoms with van der Waals surface area (Å²) in [6, 6.07) is 4.16. The highest BCUT2D eigenvalue weighted by molar-refractivity contribution is 7.91. The van der Waals surface area contributed by atoms with Gasteiger partial charge in [-0.05, 0) is 25.0 Å². The van der Waals surface area contributed by atoms with Gasteiger partial charge in [0.2, 0.25) is 0 Å². The lowest BCUT2D eigenvalue weighted by Gasteiger charge is -2.24. The van der Waals surface area contributed by atoms with Gasteiger partial charge in [-0.3, -0.25) is 4.68 Å². The number of hydrogen-bond acceptors (Lipinski definition) is 3. The van der Waals surface area contributed by atoms with E-state index in [0.29, 0.717) is 24.3 Å². The molecule has 0 unspecified atom stereocenters. The zero-order valence-electron chi connectivity index (χ0n) is 7.89. The molecule has 2 rings (SSSR count). The summed E-state index contributed by atoms with van der Waals surface area (Å²) < 4.78 is 24.2. The van der Waals surface area contributed by atoms with Gasteiger partial charge in [-0.25, -0.2) is 8.42 Å². The van der Waals surface area contributed by atoms with E-state index >= 15 is 0 Å². The minimum Gasteiger partial charge on any atom is -0.323 e. The second kappa shape index (κ2) is 3.65. The van der Waals surface area contributed by atoms with E-state index in [1.807, 2.05) is 29.2 Å². The summed E-state index contributed by atoms with van der Waals surface area (Å²) in [7, 11) is -2.74. The predicted molar refractivity (Wildman–Crippen MR) is 55.5 cm³/mol. The molecule has 1 saturated heterocycles. The SMILES string of the molecule is O=S1(=O)CCC(Nn2cccc2)CC1. The highest BCUT2D eigenvalue weighted by atomic mass is 32.2. The molecule has 1 aromatic heterocycles. The van der Waals surface area contributed by atoms with Crippen molar-refractivity contribution in [3.63, 3.8) is 0 Å². The van der Waals surface area contributed by atoms with Crippen LogP contribution < -0.4 is 5.43 Å². The van der Waals surface area contributed by atoms with E-state index in [1.54, 1.807) is 0 Å². The first kappa shape index (κ1) is 9.58. The topological polar surface area (TPSA) is 51.1 Å². The van der Waals surface area contributed by atoms with Crippen LogP contribution >= 0.6 is 0 Å². The molecule has 14 heavy (non-hydrogen) atoms. The maximum absolute atomic E-state index is 11.2. The van der Waals surface area contributed by atoms with Gasteiger partial charge < -0.3 is 5.43 Å². The molecule has 0 saturated carbocycles. The van der Waals surface area contributed by atoms with E-state index in [-0.39, 0.29) is 6.04 Å². The Morgan fingerprint density at radius 3 is 2.29 bits per heavy atom. The standard InChI is InChI=1S/C9H14N2O2S/c12-14(13)7-3-9(4-8-14)10-11-5-1-2-6-11/h1-2,5-6,9-10H,3-4,7-8H2. The maximum Gasteiger partial charge on any atom is 0.150 e. The Bertz CT molecular complexity index is 369. The van der Waals surface area contributed by atoms with E-state index in [4.69, 9.17) is 0 Å². The van der Waals surface area contributed by atoms with E-state index in [1.165, 1.54) is 0 Å². The Morgan fingerprint density at radius 2 is 1.71 bits per heavy atom. The summed E-state index contributed by atoms with van der Waals surface area (Å²) >= 11 is 0. The number of nitrogens with zero attached hydrogens (tertiary/aromatic N) is 1. The summed E-state index contributed by atoms with van der Waals surface area (Å²) in [5, 5.41) is 0. The summed E-state index contributed by atoms with van der Waals surface area (Å²) in [6.07, 6.45) is 5.26. The summed E-state index contributed by atoms with van der Waals surface area (Å²) in [6.45, 7) is 0. The highest BCUT2D eigenvalue weighted by Gasteiger charge is 2.23. The van der Waals surface area contributed by atoms with Crippen molar-refractivity contribution in [3.05, 3.63) is 24.5 Å². The number of hydrogen-bond donors (Lipinski definition) is 1. The molecule has 1 aliphatic heterocycles. The third-order valence-electron chi connectivity index (χ3n) is 2.49. The van der Waals surface area contributed by atoms with Crippen molar-refractivity contribution in [2.75, 3.05) is 16.9 Å². The molecule has 1 aromatic rings. The Hall–Kier alpha value is -0.970. The molecule has 78 valence electrons. The maximum atomic E-state index is 11.2. The number of rotatable bonds is 2. The van der Waals surface area contributed by atoms with Crippen molar-refractivity contribution >= 4 is 9.84 Å². The highest BCUT2D eigenvalue weighted by Crippen LogP contribution is 2.12. The first-order valence-corrected chi connectivity index (χ1v) is 6.58. The minimum atomic E-state index is -2.74. The van der Waals surface area contributed by atoms with Gasteiger partial charge in [-0.15, -0.1) is 0 Å². The molecule has 0 spiro atoms. The lowest BCUT2D eigenvalue weighted by atomic mass is 10.2. The first-order valence-electron chi connectivity index (χ1n) is 4.76. The normalized spacial score (nSPS) is 22.0. The molecule has 1 aliphatic rings. The summed E-state index contributed by atoms with van der Waals surface area (Å²) in [5.41, 5.74) is 3.25. The predicted octanol–water partition coefficient (Wildman–Crippen LogP) is 0.609. The van der Waals surface area contributed by atoms with Gasteiger partial charge in [0, 0.05) is 18.4 Å². The largest absolute Gasteiger partial charge is 0.323 e. The smallest absolute Gasteiger partial charge is 0.150 e. The molecule has 4 nitrogen and oxygen atoms in total. The molecular weight excluding hydrogens is 200 g/mol. The third kappa shape index (κ3) is 2.29. The van der Waals surface area contributed by atoms with Crippen LogP contribution in [0, 0.1) is 0 Å². The molecule has 1 N–H and O–H groups in total. The molecule has 0 bridgehead atoms. The van der Waals surface area contributed by atoms with Gasteiger partial charge >= 0.3 is 0 Å². The van der Waals surface area contributed by atoms with Crippen molar-refractivity contribution in [2.24, 2.45) is 0 Å². The number of sulfone groups is 1. The second-order valence-corrected chi connectivity index (χ2v) is 5.95. The Balaban J connectivity index is 1.91. The van der Waals surface area contributed by atoms with E-state index in [9.17, 15) is 8.42 Å². The Morgan fingerprint density at radius 1 is 1.14 bits per heavy atom. The second-order valence-electron chi connectivity index (χ2n) is 3.65. The van der Waals surface area contributed by atoms with E-state index < -0.39 is 9.84 Å². The van der Waals surface area contributed by atoms with Gasteiger partial charge in [0.15, 0.2) is 0 Å². The van der Waals surface area contributed by atoms with Crippen molar-refractivity contribution in [3.8, 4) is 0 Å². The first-order chi connectivity index (χ1) is 6.66. The van der Waals surface area contributed by atoms with Crippen LogP contribution in [0.3, 0.4) is 0 Å². The van der Waals surface area contributed by atoms with Gasteiger partial charge in [0.1, 0.15) is 9.84 Å². The van der Waals surface area contributed by atoms with E-state index in [2.05, 4.69) is 5.43 Å². The molecule has 0 aliphatic carbocycles. The van der Waals surface area contributed by atoms with Crippen molar-refractivity contribution in [1.29, 1.82) is 0 Å². The van der Waals surface area contributed by atoms with Crippen LogP contribution in [0.4, 0.5) is 0 Å². The van der Waals surface area contributed by atoms with E-state index in [0.717, 1.165) is 0 Å². The summed E-state index contributed by atoms with van der Waals surface area (Å²) in [5.74, 6) is 0.623. The van der Waals surface area contributed by atoms with Crippen LogP contribution in [-0.4, -0.2) is 30.6 Å². The van der Waals surface area contributed by atoms with Crippen molar-refractivity contribution < 1.29 is 8.42 Å². The number of aromatic nitrogens is 1. The van der Waals surface area contributed by atoms with Crippen LogP contribution in [0.25, 0.3) is 0 Å². The molecule has 0 radical (unpaired) electrons. The zero-order chi connectivity index (χ0) is 10.0. The molecular formula is C9H14N2O2S. The Labute approximate surface area is 83.8 Å². The van der Waals surface area contributed by atoms with Crippen molar-refractivity contribution in [1.82, 2.24) is 4.68 Å². The molecule has 1 fully saturated rings. The quantitative estimate of drug-likeness (QED) is 0.784. The fraction of sp³-hybridized carbons (Fsp3) is 0.556. The van der Waals surface area contributed by atoms with Crippen LogP contribution in [0.2, 0.25) is 0 Å². The van der Waals surface area contributed by atoms with Crippen LogP contribution in [-0.2, 0) is 9.84 Å².